The van der Waals surface area contributed by atoms with Crippen LogP contribution in [0.3, 0.4) is 0 Å². The van der Waals surface area contributed by atoms with Crippen LogP contribution in [0.5, 0.6) is 11.5 Å². The van der Waals surface area contributed by atoms with E-state index in [0.29, 0.717) is 24.7 Å². The Morgan fingerprint density at radius 3 is 2.70 bits per heavy atom. The first kappa shape index (κ1) is 15.7. The number of thioether (sulfide) groups is 1. The van der Waals surface area contributed by atoms with E-state index in [0.717, 1.165) is 4.90 Å². The third-order valence-corrected chi connectivity index (χ3v) is 4.42. The number of para-hydroxylation sites is 1. The summed E-state index contributed by atoms with van der Waals surface area (Å²) in [5, 5.41) is 2.22. The maximum atomic E-state index is 13.6. The molecule has 0 spiro atoms. The number of amides is 1. The zero-order valence-electron chi connectivity index (χ0n) is 12.5. The van der Waals surface area contributed by atoms with Crippen LogP contribution < -0.4 is 14.8 Å². The summed E-state index contributed by atoms with van der Waals surface area (Å²) in [7, 11) is 0. The Balaban J connectivity index is 1.65. The number of anilines is 1. The second kappa shape index (κ2) is 6.91. The highest BCUT2D eigenvalue weighted by molar-refractivity contribution is 8.00. The highest BCUT2D eigenvalue weighted by Crippen LogP contribution is 2.35. The lowest BCUT2D eigenvalue weighted by molar-refractivity contribution is -0.115. The summed E-state index contributed by atoms with van der Waals surface area (Å²) in [5.41, 5.74) is 0.187. The second-order valence-electron chi connectivity index (χ2n) is 5.03. The molecule has 0 aromatic heterocycles. The Labute approximate surface area is 138 Å². The number of nitrogens with one attached hydrogen (secondary N) is 1. The summed E-state index contributed by atoms with van der Waals surface area (Å²) >= 11 is 1.38. The zero-order valence-corrected chi connectivity index (χ0v) is 13.4. The van der Waals surface area contributed by atoms with Gasteiger partial charge in [-0.15, -0.1) is 11.8 Å². The number of benzene rings is 2. The Hall–Kier alpha value is -2.21. The molecule has 2 aromatic carbocycles. The van der Waals surface area contributed by atoms with Crippen LogP contribution in [0.15, 0.2) is 47.4 Å². The van der Waals surface area contributed by atoms with Gasteiger partial charge < -0.3 is 14.8 Å². The van der Waals surface area contributed by atoms with Gasteiger partial charge >= 0.3 is 0 Å². The molecule has 0 saturated carbocycles. The number of hydrogen-bond donors (Lipinski definition) is 1. The third-order valence-electron chi connectivity index (χ3n) is 3.33. The average molecular weight is 333 g/mol. The molecule has 120 valence electrons. The van der Waals surface area contributed by atoms with E-state index in [1.54, 1.807) is 19.1 Å². The molecule has 1 heterocycles. The lowest BCUT2D eigenvalue weighted by Crippen LogP contribution is -2.23. The largest absolute Gasteiger partial charge is 0.486 e. The van der Waals surface area contributed by atoms with Gasteiger partial charge in [0.15, 0.2) is 11.5 Å². The van der Waals surface area contributed by atoms with Gasteiger partial charge in [-0.3, -0.25) is 4.79 Å². The molecule has 2 aromatic rings. The van der Waals surface area contributed by atoms with Crippen molar-refractivity contribution in [1.82, 2.24) is 0 Å². The topological polar surface area (TPSA) is 47.6 Å². The molecule has 23 heavy (non-hydrogen) atoms. The first-order valence-electron chi connectivity index (χ1n) is 7.25. The van der Waals surface area contributed by atoms with Gasteiger partial charge in [-0.1, -0.05) is 12.1 Å². The molecule has 0 unspecified atom stereocenters. The molecule has 6 heteroatoms. The van der Waals surface area contributed by atoms with E-state index < -0.39 is 5.82 Å². The van der Waals surface area contributed by atoms with Crippen LogP contribution in [-0.4, -0.2) is 24.4 Å². The molecule has 3 rings (SSSR count). The lowest BCUT2D eigenvalue weighted by Gasteiger charge is -2.19. The van der Waals surface area contributed by atoms with Crippen LogP contribution in [0.4, 0.5) is 10.1 Å². The predicted octanol–water partition coefficient (Wildman–Crippen LogP) is 3.72. The van der Waals surface area contributed by atoms with E-state index >= 15 is 0 Å². The van der Waals surface area contributed by atoms with Gasteiger partial charge in [0.05, 0.1) is 10.9 Å². The molecule has 0 radical (unpaired) electrons. The van der Waals surface area contributed by atoms with Crippen molar-refractivity contribution in [1.29, 1.82) is 0 Å². The van der Waals surface area contributed by atoms with Crippen LogP contribution in [0.2, 0.25) is 0 Å². The highest BCUT2D eigenvalue weighted by atomic mass is 32.2. The SMILES string of the molecule is C[C@H](Sc1ccc2c(c1)OCCO2)C(=O)Nc1ccccc1F. The van der Waals surface area contributed by atoms with Gasteiger partial charge in [0.2, 0.25) is 5.91 Å². The van der Waals surface area contributed by atoms with Crippen molar-refractivity contribution in [2.45, 2.75) is 17.1 Å². The molecule has 0 fully saturated rings. The molecule has 0 bridgehead atoms. The van der Waals surface area contributed by atoms with Gasteiger partial charge in [-0.05, 0) is 37.3 Å². The van der Waals surface area contributed by atoms with Crippen molar-refractivity contribution in [2.75, 3.05) is 18.5 Å². The zero-order chi connectivity index (χ0) is 16.2. The molecule has 1 aliphatic rings. The summed E-state index contributed by atoms with van der Waals surface area (Å²) in [4.78, 5) is 13.1. The molecular weight excluding hydrogens is 317 g/mol. The number of hydrogen-bond acceptors (Lipinski definition) is 4. The molecule has 0 saturated heterocycles. The van der Waals surface area contributed by atoms with Gasteiger partial charge in [0.25, 0.3) is 0 Å². The van der Waals surface area contributed by atoms with Crippen LogP contribution in [0, 0.1) is 5.82 Å². The van der Waals surface area contributed by atoms with E-state index in [-0.39, 0.29) is 16.8 Å². The first-order valence-corrected chi connectivity index (χ1v) is 8.13. The minimum Gasteiger partial charge on any atom is -0.486 e. The van der Waals surface area contributed by atoms with E-state index in [2.05, 4.69) is 5.32 Å². The van der Waals surface area contributed by atoms with Crippen molar-refractivity contribution in [3.05, 3.63) is 48.3 Å². The highest BCUT2D eigenvalue weighted by Gasteiger charge is 2.18. The Bertz CT molecular complexity index is 723. The minimum atomic E-state index is -0.447. The number of fused-ring (bicyclic) bond motifs is 1. The van der Waals surface area contributed by atoms with Gasteiger partial charge in [-0.25, -0.2) is 4.39 Å². The number of carbonyl (C=O) groups is 1. The van der Waals surface area contributed by atoms with Crippen LogP contribution in [0.1, 0.15) is 6.92 Å². The molecule has 1 aliphatic heterocycles. The van der Waals surface area contributed by atoms with Crippen LogP contribution in [-0.2, 0) is 4.79 Å². The second-order valence-corrected chi connectivity index (χ2v) is 6.45. The smallest absolute Gasteiger partial charge is 0.237 e. The van der Waals surface area contributed by atoms with Crippen molar-refractivity contribution in [2.24, 2.45) is 0 Å². The van der Waals surface area contributed by atoms with E-state index in [9.17, 15) is 9.18 Å². The number of ether oxygens (including phenoxy) is 2. The van der Waals surface area contributed by atoms with Crippen molar-refractivity contribution in [3.8, 4) is 11.5 Å². The summed E-state index contributed by atoms with van der Waals surface area (Å²) in [5.74, 6) is 0.694. The summed E-state index contributed by atoms with van der Waals surface area (Å²) in [6, 6.07) is 11.7. The molecule has 1 amide bonds. The fourth-order valence-corrected chi connectivity index (χ4v) is 3.05. The molecular formula is C17H16FNO3S. The predicted molar refractivity (Wildman–Crippen MR) is 87.8 cm³/mol. The molecule has 0 aliphatic carbocycles. The van der Waals surface area contributed by atoms with E-state index in [1.165, 1.54) is 23.9 Å². The minimum absolute atomic E-state index is 0.187. The van der Waals surface area contributed by atoms with E-state index in [4.69, 9.17) is 9.47 Å². The fourth-order valence-electron chi connectivity index (χ4n) is 2.15. The maximum Gasteiger partial charge on any atom is 0.237 e. The molecule has 4 nitrogen and oxygen atoms in total. The molecule has 1 atom stereocenters. The standard InChI is InChI=1S/C17H16FNO3S/c1-11(17(20)19-14-5-3-2-4-13(14)18)23-12-6-7-15-16(10-12)22-9-8-21-15/h2-7,10-11H,8-9H2,1H3,(H,19,20)/t11-/m0/s1. The van der Waals surface area contributed by atoms with Crippen LogP contribution in [0.25, 0.3) is 0 Å². The Morgan fingerprint density at radius 1 is 1.17 bits per heavy atom. The number of rotatable bonds is 4. The average Bonchev–Trinajstić information content (AvgIpc) is 2.56. The van der Waals surface area contributed by atoms with Gasteiger partial charge in [0.1, 0.15) is 19.0 Å². The Morgan fingerprint density at radius 2 is 1.91 bits per heavy atom. The number of carbonyl (C=O) groups excluding carboxylic acids is 1. The van der Waals surface area contributed by atoms with Gasteiger partial charge in [-0.2, -0.15) is 0 Å². The Kier molecular flexibility index (Phi) is 4.71. The summed E-state index contributed by atoms with van der Waals surface area (Å²) in [6.07, 6.45) is 0. The number of halogens is 1. The van der Waals surface area contributed by atoms with Gasteiger partial charge in [0, 0.05) is 4.90 Å². The summed E-state index contributed by atoms with van der Waals surface area (Å²) in [6.45, 7) is 2.84. The summed E-state index contributed by atoms with van der Waals surface area (Å²) < 4.78 is 24.6. The maximum absolute atomic E-state index is 13.6. The van der Waals surface area contributed by atoms with E-state index in [1.807, 2.05) is 18.2 Å². The lowest BCUT2D eigenvalue weighted by atomic mass is 10.3. The van der Waals surface area contributed by atoms with Crippen LogP contribution >= 0.6 is 11.8 Å². The first-order chi connectivity index (χ1) is 11.1. The van der Waals surface area contributed by atoms with Crippen molar-refractivity contribution in [3.63, 3.8) is 0 Å². The van der Waals surface area contributed by atoms with Crippen molar-refractivity contribution < 1.29 is 18.7 Å². The normalized spacial score (nSPS) is 14.2. The van der Waals surface area contributed by atoms with Crippen molar-refractivity contribution >= 4 is 23.4 Å². The molecule has 1 N–H and O–H groups in total. The third kappa shape index (κ3) is 3.76. The monoisotopic (exact) mass is 333 g/mol. The quantitative estimate of drug-likeness (QED) is 0.867. The fraction of sp³-hybridized carbons (Fsp3) is 0.235.